The van der Waals surface area contributed by atoms with Crippen molar-refractivity contribution in [2.45, 2.75) is 40.2 Å². The van der Waals surface area contributed by atoms with Crippen LogP contribution in [0.3, 0.4) is 0 Å². The molecule has 154 valence electrons. The number of carbonyl (C=O) groups excluding carboxylic acids is 1. The van der Waals surface area contributed by atoms with E-state index in [9.17, 15) is 4.79 Å². The number of nitrogens with one attached hydrogen (secondary N) is 1. The van der Waals surface area contributed by atoms with Crippen molar-refractivity contribution in [3.05, 3.63) is 57.0 Å². The summed E-state index contributed by atoms with van der Waals surface area (Å²) in [5.41, 5.74) is 16.4. The summed E-state index contributed by atoms with van der Waals surface area (Å²) in [6.07, 6.45) is 2.82. The number of carbonyl (C=O) groups is 1. The monoisotopic (exact) mass is 411 g/mol. The van der Waals surface area contributed by atoms with Crippen molar-refractivity contribution in [1.82, 2.24) is 15.1 Å². The Labute approximate surface area is 175 Å². The van der Waals surface area contributed by atoms with Crippen molar-refractivity contribution in [2.75, 3.05) is 7.05 Å². The van der Waals surface area contributed by atoms with E-state index in [1.54, 1.807) is 24.5 Å². The molecule has 0 saturated heterocycles. The van der Waals surface area contributed by atoms with Gasteiger partial charge in [-0.05, 0) is 51.0 Å². The van der Waals surface area contributed by atoms with Crippen LogP contribution in [-0.2, 0) is 11.2 Å². The number of aromatic nitrogens is 2. The second-order valence-electron chi connectivity index (χ2n) is 7.46. The lowest BCUT2D eigenvalue weighted by molar-refractivity contribution is -0.120. The molecule has 0 saturated carbocycles. The van der Waals surface area contributed by atoms with Gasteiger partial charge in [-0.1, -0.05) is 13.0 Å². The number of nitrogens with zero attached hydrogens (tertiary/aromatic N) is 2. The highest BCUT2D eigenvalue weighted by Gasteiger charge is 2.26. The summed E-state index contributed by atoms with van der Waals surface area (Å²) in [6, 6.07) is 8.46. The minimum absolute atomic E-state index is 0.0792. The fraction of sp³-hybridized carbons (Fsp3) is 0.364. The summed E-state index contributed by atoms with van der Waals surface area (Å²) in [7, 11) is 2.02. The molecule has 1 aromatic carbocycles. The van der Waals surface area contributed by atoms with E-state index in [0.29, 0.717) is 5.70 Å². The van der Waals surface area contributed by atoms with E-state index in [1.165, 1.54) is 9.75 Å². The van der Waals surface area contributed by atoms with Crippen LogP contribution in [0, 0.1) is 12.8 Å². The first-order valence-electron chi connectivity index (χ1n) is 9.79. The van der Waals surface area contributed by atoms with Gasteiger partial charge in [0.05, 0.1) is 29.4 Å². The number of thiophene rings is 1. The zero-order valence-corrected chi connectivity index (χ0v) is 18.4. The number of benzene rings is 1. The van der Waals surface area contributed by atoms with Gasteiger partial charge in [-0.3, -0.25) is 9.89 Å². The van der Waals surface area contributed by atoms with Gasteiger partial charge in [0.1, 0.15) is 0 Å². The van der Waals surface area contributed by atoms with Crippen molar-refractivity contribution in [3.63, 3.8) is 0 Å². The van der Waals surface area contributed by atoms with Crippen LogP contribution < -0.4 is 11.5 Å². The van der Waals surface area contributed by atoms with E-state index in [4.69, 9.17) is 11.5 Å². The van der Waals surface area contributed by atoms with Crippen LogP contribution in [0.25, 0.3) is 16.6 Å². The smallest absolute Gasteiger partial charge is 0.226 e. The number of rotatable bonds is 7. The highest BCUT2D eigenvalue weighted by atomic mass is 32.1. The Kier molecular flexibility index (Phi) is 5.98. The zero-order valence-electron chi connectivity index (χ0n) is 17.6. The summed E-state index contributed by atoms with van der Waals surface area (Å²) in [4.78, 5) is 16.7. The summed E-state index contributed by atoms with van der Waals surface area (Å²) in [5, 5.41) is 8.20. The minimum Gasteiger partial charge on any atom is -0.400 e. The van der Waals surface area contributed by atoms with E-state index < -0.39 is 11.8 Å². The standard InChI is InChI=1S/C22H29N5OS/c1-6-15-8-10-18(29-15)14(4)27(5)21(20(23)13(3)22(24)28)19-12(2)7-9-17-16(19)11-25-26-17/h7-11,13-14H,6,23H2,1-5H3,(H2,24,28)(H,25,26)/b21-20+. The number of hydrogen-bond donors (Lipinski definition) is 3. The van der Waals surface area contributed by atoms with Crippen LogP contribution in [0.15, 0.2) is 36.2 Å². The summed E-state index contributed by atoms with van der Waals surface area (Å²) >= 11 is 1.80. The Bertz CT molecular complexity index is 1060. The fourth-order valence-electron chi connectivity index (χ4n) is 3.52. The molecule has 2 heterocycles. The molecule has 29 heavy (non-hydrogen) atoms. The molecule has 3 aromatic rings. The number of H-pyrrole nitrogens is 1. The highest BCUT2D eigenvalue weighted by Crippen LogP contribution is 2.37. The molecule has 0 spiro atoms. The Hall–Kier alpha value is -2.80. The Morgan fingerprint density at radius 2 is 1.97 bits per heavy atom. The molecule has 2 aromatic heterocycles. The molecule has 7 heteroatoms. The van der Waals surface area contributed by atoms with E-state index in [1.807, 2.05) is 26.1 Å². The van der Waals surface area contributed by atoms with Crippen LogP contribution in [-0.4, -0.2) is 28.1 Å². The maximum absolute atomic E-state index is 12.0. The molecule has 0 bridgehead atoms. The predicted octanol–water partition coefficient (Wildman–Crippen LogP) is 3.94. The van der Waals surface area contributed by atoms with E-state index >= 15 is 0 Å². The third-order valence-corrected chi connectivity index (χ3v) is 7.01. The summed E-state index contributed by atoms with van der Waals surface area (Å²) < 4.78 is 0. The largest absolute Gasteiger partial charge is 0.400 e. The third kappa shape index (κ3) is 3.87. The van der Waals surface area contributed by atoms with E-state index in [-0.39, 0.29) is 6.04 Å². The lowest BCUT2D eigenvalue weighted by Crippen LogP contribution is -2.31. The second kappa shape index (κ2) is 8.29. The van der Waals surface area contributed by atoms with Gasteiger partial charge in [0.15, 0.2) is 0 Å². The van der Waals surface area contributed by atoms with Gasteiger partial charge < -0.3 is 16.4 Å². The molecule has 0 radical (unpaired) electrons. The molecule has 1 amide bonds. The second-order valence-corrected chi connectivity index (χ2v) is 8.66. The van der Waals surface area contributed by atoms with Gasteiger partial charge in [0.2, 0.25) is 5.91 Å². The Morgan fingerprint density at radius 3 is 2.59 bits per heavy atom. The summed E-state index contributed by atoms with van der Waals surface area (Å²) in [5.74, 6) is -1.03. The first kappa shape index (κ1) is 20.9. The maximum Gasteiger partial charge on any atom is 0.226 e. The lowest BCUT2D eigenvalue weighted by atomic mass is 9.94. The first-order valence-corrected chi connectivity index (χ1v) is 10.6. The third-order valence-electron chi connectivity index (χ3n) is 5.61. The normalized spacial score (nSPS) is 14.5. The van der Waals surface area contributed by atoms with E-state index in [2.05, 4.69) is 41.1 Å². The number of fused-ring (bicyclic) bond motifs is 1. The molecule has 0 aliphatic heterocycles. The van der Waals surface area contributed by atoms with Gasteiger partial charge >= 0.3 is 0 Å². The molecule has 2 atom stereocenters. The number of primary amides is 1. The van der Waals surface area contributed by atoms with Gasteiger partial charge in [-0.15, -0.1) is 11.3 Å². The SMILES string of the molecule is CCc1ccc(C(C)N(C)/C(=C(/N)C(C)C(N)=O)c2c(C)ccc3[nH]ncc23)s1. The molecule has 0 aliphatic rings. The van der Waals surface area contributed by atoms with Crippen molar-refractivity contribution >= 4 is 33.8 Å². The Morgan fingerprint density at radius 1 is 1.24 bits per heavy atom. The van der Waals surface area contributed by atoms with Crippen molar-refractivity contribution in [1.29, 1.82) is 0 Å². The van der Waals surface area contributed by atoms with Crippen molar-refractivity contribution < 1.29 is 4.79 Å². The predicted molar refractivity (Wildman–Crippen MR) is 120 cm³/mol. The lowest BCUT2D eigenvalue weighted by Gasteiger charge is -2.32. The highest BCUT2D eigenvalue weighted by molar-refractivity contribution is 7.12. The fourth-order valence-corrected chi connectivity index (χ4v) is 4.56. The summed E-state index contributed by atoms with van der Waals surface area (Å²) in [6.45, 7) is 8.10. The molecular formula is C22H29N5OS. The topological polar surface area (TPSA) is 101 Å². The number of amides is 1. The molecule has 6 nitrogen and oxygen atoms in total. The van der Waals surface area contributed by atoms with Crippen LogP contribution in [0.1, 0.15) is 47.7 Å². The molecule has 2 unspecified atom stereocenters. The Balaban J connectivity index is 2.21. The van der Waals surface area contributed by atoms with Gasteiger partial charge in [-0.25, -0.2) is 0 Å². The average Bonchev–Trinajstić information content (AvgIpc) is 3.37. The van der Waals surface area contributed by atoms with Crippen LogP contribution >= 0.6 is 11.3 Å². The quantitative estimate of drug-likeness (QED) is 0.548. The average molecular weight is 412 g/mol. The zero-order chi connectivity index (χ0) is 21.3. The van der Waals surface area contributed by atoms with Gasteiger partial charge in [0, 0.05) is 33.4 Å². The van der Waals surface area contributed by atoms with Crippen LogP contribution in [0.5, 0.6) is 0 Å². The number of aryl methyl sites for hydroxylation is 2. The number of aromatic amines is 1. The number of hydrogen-bond acceptors (Lipinski definition) is 5. The number of nitrogens with two attached hydrogens (primary N) is 2. The maximum atomic E-state index is 12.0. The van der Waals surface area contributed by atoms with Crippen LogP contribution in [0.2, 0.25) is 0 Å². The van der Waals surface area contributed by atoms with Crippen molar-refractivity contribution in [2.24, 2.45) is 17.4 Å². The molecular weight excluding hydrogens is 382 g/mol. The molecule has 5 N–H and O–H groups in total. The van der Waals surface area contributed by atoms with Gasteiger partial charge in [0.25, 0.3) is 0 Å². The molecule has 3 rings (SSSR count). The van der Waals surface area contributed by atoms with Gasteiger partial charge in [-0.2, -0.15) is 5.10 Å². The molecule has 0 fully saturated rings. The van der Waals surface area contributed by atoms with Crippen LogP contribution in [0.4, 0.5) is 0 Å². The van der Waals surface area contributed by atoms with E-state index in [0.717, 1.165) is 34.1 Å². The minimum atomic E-state index is -0.587. The molecule has 0 aliphatic carbocycles. The van der Waals surface area contributed by atoms with Crippen molar-refractivity contribution in [3.8, 4) is 0 Å². The first-order chi connectivity index (χ1) is 13.8.